The fourth-order valence-corrected chi connectivity index (χ4v) is 2.45. The zero-order chi connectivity index (χ0) is 14.5. The van der Waals surface area contributed by atoms with Crippen LogP contribution < -0.4 is 10.6 Å². The van der Waals surface area contributed by atoms with Crippen molar-refractivity contribution in [2.75, 3.05) is 5.32 Å². The predicted octanol–water partition coefficient (Wildman–Crippen LogP) is 2.55. The summed E-state index contributed by atoms with van der Waals surface area (Å²) in [7, 11) is 0. The van der Waals surface area contributed by atoms with Gasteiger partial charge in [-0.1, -0.05) is 6.07 Å². The maximum absolute atomic E-state index is 11.8. The smallest absolute Gasteiger partial charge is 0.319 e. The summed E-state index contributed by atoms with van der Waals surface area (Å²) in [5.41, 5.74) is 3.46. The molecule has 0 spiro atoms. The summed E-state index contributed by atoms with van der Waals surface area (Å²) >= 11 is 0. The van der Waals surface area contributed by atoms with Crippen molar-refractivity contribution in [1.29, 1.82) is 0 Å². The van der Waals surface area contributed by atoms with Gasteiger partial charge in [-0.25, -0.2) is 4.79 Å². The molecule has 0 saturated heterocycles. The number of carbonyl (C=O) groups excluding carboxylic acids is 1. The number of urea groups is 1. The molecule has 5 heteroatoms. The van der Waals surface area contributed by atoms with Gasteiger partial charge in [0.15, 0.2) is 0 Å². The van der Waals surface area contributed by atoms with Gasteiger partial charge in [0.2, 0.25) is 0 Å². The quantitative estimate of drug-likeness (QED) is 0.773. The summed E-state index contributed by atoms with van der Waals surface area (Å²) < 4.78 is 0. The maximum Gasteiger partial charge on any atom is 0.319 e. The lowest BCUT2D eigenvalue weighted by Gasteiger charge is -2.14. The van der Waals surface area contributed by atoms with Gasteiger partial charge in [0.25, 0.3) is 0 Å². The average molecular weight is 276 g/mol. The van der Waals surface area contributed by atoms with Crippen molar-refractivity contribution in [1.82, 2.24) is 5.32 Å². The van der Waals surface area contributed by atoms with Crippen molar-refractivity contribution in [3.63, 3.8) is 0 Å². The number of nitrogens with one attached hydrogen (secondary N) is 2. The van der Waals surface area contributed by atoms with Gasteiger partial charge in [0.1, 0.15) is 0 Å². The maximum atomic E-state index is 11.8. The van der Waals surface area contributed by atoms with E-state index in [0.29, 0.717) is 6.42 Å². The van der Waals surface area contributed by atoms with Gasteiger partial charge in [-0.3, -0.25) is 4.79 Å². The summed E-state index contributed by atoms with van der Waals surface area (Å²) in [5, 5.41) is 14.1. The molecule has 0 heterocycles. The Labute approximate surface area is 118 Å². The first-order valence-corrected chi connectivity index (χ1v) is 6.95. The number of carboxylic acid groups (broad SMARTS) is 1. The monoisotopic (exact) mass is 276 g/mol. The Morgan fingerprint density at radius 1 is 1.30 bits per heavy atom. The van der Waals surface area contributed by atoms with E-state index in [2.05, 4.69) is 16.7 Å². The van der Waals surface area contributed by atoms with Crippen molar-refractivity contribution in [3.8, 4) is 0 Å². The van der Waals surface area contributed by atoms with Gasteiger partial charge in [-0.15, -0.1) is 0 Å². The van der Waals surface area contributed by atoms with E-state index >= 15 is 0 Å². The highest BCUT2D eigenvalue weighted by molar-refractivity contribution is 5.89. The van der Waals surface area contributed by atoms with Gasteiger partial charge in [0, 0.05) is 18.2 Å². The predicted molar refractivity (Wildman–Crippen MR) is 77.0 cm³/mol. The molecule has 1 aliphatic rings. The minimum Gasteiger partial charge on any atom is -0.481 e. The SMILES string of the molecule is CC(CCC(=O)O)NC(=O)Nc1ccc2c(c1)CCC2. The highest BCUT2D eigenvalue weighted by Crippen LogP contribution is 2.24. The lowest BCUT2D eigenvalue weighted by molar-refractivity contribution is -0.137. The number of aryl methyl sites for hydroxylation is 2. The lowest BCUT2D eigenvalue weighted by atomic mass is 10.1. The molecule has 0 radical (unpaired) electrons. The Morgan fingerprint density at radius 2 is 2.05 bits per heavy atom. The number of hydrogen-bond acceptors (Lipinski definition) is 2. The minimum atomic E-state index is -0.849. The van der Waals surface area contributed by atoms with Gasteiger partial charge in [0.05, 0.1) is 0 Å². The molecule has 108 valence electrons. The average Bonchev–Trinajstić information content (AvgIpc) is 2.83. The molecular weight excluding hydrogens is 256 g/mol. The van der Waals surface area contributed by atoms with Crippen molar-refractivity contribution >= 4 is 17.7 Å². The molecule has 1 aliphatic carbocycles. The number of carbonyl (C=O) groups is 2. The second-order valence-corrected chi connectivity index (χ2v) is 5.27. The summed E-state index contributed by atoms with van der Waals surface area (Å²) in [4.78, 5) is 22.3. The van der Waals surface area contributed by atoms with Crippen molar-refractivity contribution < 1.29 is 14.7 Å². The first-order chi connectivity index (χ1) is 9.54. The number of hydrogen-bond donors (Lipinski definition) is 3. The molecule has 2 amide bonds. The molecule has 20 heavy (non-hydrogen) atoms. The first kappa shape index (κ1) is 14.4. The van der Waals surface area contributed by atoms with Crippen LogP contribution in [0.15, 0.2) is 18.2 Å². The molecule has 0 saturated carbocycles. The minimum absolute atomic E-state index is 0.0558. The number of aliphatic carboxylic acids is 1. The molecule has 1 unspecified atom stereocenters. The molecule has 0 fully saturated rings. The molecule has 1 atom stereocenters. The highest BCUT2D eigenvalue weighted by Gasteiger charge is 2.13. The summed E-state index contributed by atoms with van der Waals surface area (Å²) in [5.74, 6) is -0.849. The molecule has 0 aromatic heterocycles. The van der Waals surface area contributed by atoms with E-state index in [1.54, 1.807) is 6.92 Å². The van der Waals surface area contributed by atoms with Crippen LogP contribution in [-0.2, 0) is 17.6 Å². The van der Waals surface area contributed by atoms with Gasteiger partial charge in [-0.05, 0) is 55.9 Å². The molecule has 0 aliphatic heterocycles. The molecular formula is C15H20N2O3. The lowest BCUT2D eigenvalue weighted by Crippen LogP contribution is -2.36. The van der Waals surface area contributed by atoms with Crippen LogP contribution in [-0.4, -0.2) is 23.1 Å². The molecule has 1 aromatic carbocycles. The van der Waals surface area contributed by atoms with Crippen LogP contribution in [0.2, 0.25) is 0 Å². The third kappa shape index (κ3) is 3.98. The molecule has 5 nitrogen and oxygen atoms in total. The van der Waals surface area contributed by atoms with E-state index < -0.39 is 5.97 Å². The topological polar surface area (TPSA) is 78.4 Å². The van der Waals surface area contributed by atoms with Gasteiger partial charge in [-0.2, -0.15) is 0 Å². The third-order valence-corrected chi connectivity index (χ3v) is 3.53. The van der Waals surface area contributed by atoms with E-state index in [1.807, 2.05) is 12.1 Å². The number of carboxylic acids is 1. The molecule has 1 aromatic rings. The fraction of sp³-hybridized carbons (Fsp3) is 0.467. The van der Waals surface area contributed by atoms with Crippen LogP contribution in [0.3, 0.4) is 0 Å². The second-order valence-electron chi connectivity index (χ2n) is 5.27. The fourth-order valence-electron chi connectivity index (χ4n) is 2.45. The van der Waals surface area contributed by atoms with Crippen molar-refractivity contribution in [2.45, 2.75) is 45.1 Å². The highest BCUT2D eigenvalue weighted by atomic mass is 16.4. The number of fused-ring (bicyclic) bond motifs is 1. The van der Waals surface area contributed by atoms with Crippen molar-refractivity contribution in [3.05, 3.63) is 29.3 Å². The van der Waals surface area contributed by atoms with Crippen LogP contribution in [0.25, 0.3) is 0 Å². The van der Waals surface area contributed by atoms with Crippen LogP contribution in [0.1, 0.15) is 37.3 Å². The Balaban J connectivity index is 1.83. The summed E-state index contributed by atoms with van der Waals surface area (Å²) in [6.07, 6.45) is 3.85. The first-order valence-electron chi connectivity index (χ1n) is 6.95. The third-order valence-electron chi connectivity index (χ3n) is 3.53. The van der Waals surface area contributed by atoms with E-state index in [0.717, 1.165) is 18.5 Å². The molecule has 2 rings (SSSR count). The van der Waals surface area contributed by atoms with Crippen LogP contribution in [0.4, 0.5) is 10.5 Å². The normalized spacial score (nSPS) is 14.4. The Morgan fingerprint density at radius 3 is 2.80 bits per heavy atom. The molecule has 0 bridgehead atoms. The van der Waals surface area contributed by atoms with Gasteiger partial charge < -0.3 is 15.7 Å². The number of amides is 2. The number of benzene rings is 1. The van der Waals surface area contributed by atoms with Gasteiger partial charge >= 0.3 is 12.0 Å². The van der Waals surface area contributed by atoms with E-state index in [4.69, 9.17) is 5.11 Å². The Hall–Kier alpha value is -2.04. The number of anilines is 1. The van der Waals surface area contributed by atoms with E-state index in [-0.39, 0.29) is 18.5 Å². The molecule has 3 N–H and O–H groups in total. The van der Waals surface area contributed by atoms with Crippen LogP contribution >= 0.6 is 0 Å². The van der Waals surface area contributed by atoms with Crippen molar-refractivity contribution in [2.24, 2.45) is 0 Å². The zero-order valence-corrected chi connectivity index (χ0v) is 11.6. The Kier molecular flexibility index (Phi) is 4.61. The number of rotatable bonds is 5. The standard InChI is InChI=1S/C15H20N2O3/c1-10(5-8-14(18)19)16-15(20)17-13-7-6-11-3-2-4-12(11)9-13/h6-7,9-10H,2-5,8H2,1H3,(H,18,19)(H2,16,17,20). The largest absolute Gasteiger partial charge is 0.481 e. The Bertz CT molecular complexity index is 514. The zero-order valence-electron chi connectivity index (χ0n) is 11.6. The van der Waals surface area contributed by atoms with E-state index in [9.17, 15) is 9.59 Å². The summed E-state index contributed by atoms with van der Waals surface area (Å²) in [6.45, 7) is 1.80. The van der Waals surface area contributed by atoms with E-state index in [1.165, 1.54) is 17.5 Å². The summed E-state index contributed by atoms with van der Waals surface area (Å²) in [6, 6.07) is 5.53. The van der Waals surface area contributed by atoms with Crippen LogP contribution in [0, 0.1) is 0 Å². The van der Waals surface area contributed by atoms with Crippen LogP contribution in [0.5, 0.6) is 0 Å². The second kappa shape index (κ2) is 6.41.